The fourth-order valence-corrected chi connectivity index (χ4v) is 4.86. The number of amides is 1. The molecule has 0 radical (unpaired) electrons. The number of halogens is 1. The average molecular weight is 405 g/mol. The van der Waals surface area contributed by atoms with E-state index in [2.05, 4.69) is 0 Å². The minimum absolute atomic E-state index is 0.190. The van der Waals surface area contributed by atoms with Gasteiger partial charge >= 0.3 is 11.9 Å². The molecule has 0 aromatic heterocycles. The summed E-state index contributed by atoms with van der Waals surface area (Å²) in [6.45, 7) is 4.15. The summed E-state index contributed by atoms with van der Waals surface area (Å²) in [5.74, 6) is -1.60. The molecular weight excluding hydrogens is 377 g/mol. The Hall–Kier alpha value is -2.44. The molecular formula is C22H28FNO5. The van der Waals surface area contributed by atoms with Crippen LogP contribution in [0.1, 0.15) is 45.1 Å². The van der Waals surface area contributed by atoms with Crippen LogP contribution >= 0.6 is 0 Å². The van der Waals surface area contributed by atoms with Gasteiger partial charge in [-0.1, -0.05) is 12.1 Å². The Morgan fingerprint density at radius 3 is 2.34 bits per heavy atom. The summed E-state index contributed by atoms with van der Waals surface area (Å²) in [4.78, 5) is 39.3. The number of hydrogen-bond donors (Lipinski definition) is 0. The molecule has 6 nitrogen and oxygen atoms in total. The molecule has 7 heteroatoms. The molecule has 2 saturated carbocycles. The number of nitrogens with zero attached hydrogens (tertiary/aromatic N) is 1. The second kappa shape index (κ2) is 9.37. The number of rotatable bonds is 8. The van der Waals surface area contributed by atoms with E-state index in [1.165, 1.54) is 12.1 Å². The molecule has 4 unspecified atom stereocenters. The van der Waals surface area contributed by atoms with Crippen molar-refractivity contribution in [2.45, 2.75) is 52.1 Å². The van der Waals surface area contributed by atoms with Gasteiger partial charge in [-0.15, -0.1) is 0 Å². The van der Waals surface area contributed by atoms with Crippen LogP contribution in [0.3, 0.4) is 0 Å². The van der Waals surface area contributed by atoms with Gasteiger partial charge in [0, 0.05) is 12.6 Å². The highest BCUT2D eigenvalue weighted by molar-refractivity contribution is 5.94. The first kappa shape index (κ1) is 21.3. The number of ether oxygens (including phenoxy) is 2. The number of carbonyl (C=O) groups excluding carboxylic acids is 3. The summed E-state index contributed by atoms with van der Waals surface area (Å²) in [7, 11) is 0. The largest absolute Gasteiger partial charge is 0.466 e. The van der Waals surface area contributed by atoms with Crippen molar-refractivity contribution in [3.8, 4) is 0 Å². The van der Waals surface area contributed by atoms with Crippen LogP contribution in [0.25, 0.3) is 0 Å². The van der Waals surface area contributed by atoms with Gasteiger partial charge in [-0.3, -0.25) is 14.4 Å². The molecule has 2 bridgehead atoms. The van der Waals surface area contributed by atoms with E-state index in [0.717, 1.165) is 24.8 Å². The fraction of sp³-hybridized carbons (Fsp3) is 0.591. The van der Waals surface area contributed by atoms with Crippen LogP contribution in [-0.2, 0) is 30.4 Å². The molecule has 158 valence electrons. The third kappa shape index (κ3) is 4.77. The lowest BCUT2D eigenvalue weighted by Crippen LogP contribution is -2.50. The monoisotopic (exact) mass is 405 g/mol. The van der Waals surface area contributed by atoms with E-state index >= 15 is 0 Å². The summed E-state index contributed by atoms with van der Waals surface area (Å²) < 4.78 is 23.6. The lowest BCUT2D eigenvalue weighted by atomic mass is 9.83. The van der Waals surface area contributed by atoms with Crippen LogP contribution in [0, 0.1) is 23.6 Å². The first-order valence-corrected chi connectivity index (χ1v) is 10.3. The number of esters is 2. The smallest absolute Gasteiger partial charge is 0.315 e. The van der Waals surface area contributed by atoms with Gasteiger partial charge in [0.15, 0.2) is 0 Å². The third-order valence-electron chi connectivity index (χ3n) is 5.98. The molecule has 1 aromatic carbocycles. The van der Waals surface area contributed by atoms with Gasteiger partial charge in [0.2, 0.25) is 5.91 Å². The van der Waals surface area contributed by atoms with Crippen molar-refractivity contribution in [3.63, 3.8) is 0 Å². The molecule has 1 amide bonds. The third-order valence-corrected chi connectivity index (χ3v) is 5.98. The molecule has 1 aromatic rings. The first-order valence-electron chi connectivity index (χ1n) is 10.3. The second-order valence-corrected chi connectivity index (χ2v) is 7.73. The lowest BCUT2D eigenvalue weighted by Gasteiger charge is -2.38. The summed E-state index contributed by atoms with van der Waals surface area (Å²) in [6, 6.07) is 5.60. The Bertz CT molecular complexity index is 750. The predicted molar refractivity (Wildman–Crippen MR) is 103 cm³/mol. The summed E-state index contributed by atoms with van der Waals surface area (Å²) in [5.41, 5.74) is 0.744. The Morgan fingerprint density at radius 1 is 1.03 bits per heavy atom. The molecule has 3 rings (SSSR count). The van der Waals surface area contributed by atoms with Crippen LogP contribution in [0.2, 0.25) is 0 Å². The number of hydrogen-bond acceptors (Lipinski definition) is 5. The van der Waals surface area contributed by atoms with Crippen molar-refractivity contribution in [1.29, 1.82) is 0 Å². The van der Waals surface area contributed by atoms with E-state index in [9.17, 15) is 18.8 Å². The summed E-state index contributed by atoms with van der Waals surface area (Å²) in [6.07, 6.45) is 2.39. The zero-order chi connectivity index (χ0) is 21.0. The Morgan fingerprint density at radius 2 is 1.69 bits per heavy atom. The van der Waals surface area contributed by atoms with Crippen molar-refractivity contribution in [2.24, 2.45) is 17.8 Å². The molecule has 0 heterocycles. The average Bonchev–Trinajstić information content (AvgIpc) is 3.29. The highest BCUT2D eigenvalue weighted by Gasteiger charge is 2.54. The van der Waals surface area contributed by atoms with Crippen molar-refractivity contribution in [2.75, 3.05) is 13.2 Å². The molecule has 0 spiro atoms. The van der Waals surface area contributed by atoms with Crippen LogP contribution in [0.4, 0.5) is 4.39 Å². The van der Waals surface area contributed by atoms with Gasteiger partial charge in [0.05, 0.1) is 19.1 Å². The van der Waals surface area contributed by atoms with E-state index in [0.29, 0.717) is 0 Å². The predicted octanol–water partition coefficient (Wildman–Crippen LogP) is 3.09. The van der Waals surface area contributed by atoms with Crippen LogP contribution in [-0.4, -0.2) is 42.0 Å². The van der Waals surface area contributed by atoms with Crippen molar-refractivity contribution >= 4 is 17.8 Å². The van der Waals surface area contributed by atoms with E-state index in [1.807, 2.05) is 0 Å². The Kier molecular flexibility index (Phi) is 6.87. The Balaban J connectivity index is 1.88. The molecule has 2 aliphatic rings. The highest BCUT2D eigenvalue weighted by Crippen LogP contribution is 2.51. The van der Waals surface area contributed by atoms with Gasteiger partial charge < -0.3 is 14.4 Å². The topological polar surface area (TPSA) is 72.9 Å². The molecule has 2 fully saturated rings. The maximum absolute atomic E-state index is 13.3. The summed E-state index contributed by atoms with van der Waals surface area (Å²) >= 11 is 0. The van der Waals surface area contributed by atoms with Crippen molar-refractivity contribution in [3.05, 3.63) is 35.6 Å². The standard InChI is InChI=1S/C22H28FNO5/c1-3-28-19(26)12-18(25)24(13-14-5-9-17(23)10-6-14)21-16-8-7-15(11-16)20(21)22(27)29-4-2/h5-6,9-10,15-16,20-21H,3-4,7-8,11-13H2,1-2H3. The first-order chi connectivity index (χ1) is 13.9. The number of benzene rings is 1. The molecule has 4 atom stereocenters. The molecule has 2 aliphatic carbocycles. The highest BCUT2D eigenvalue weighted by atomic mass is 19.1. The molecule has 0 saturated heterocycles. The minimum Gasteiger partial charge on any atom is -0.466 e. The van der Waals surface area contributed by atoms with Gasteiger partial charge in [0.1, 0.15) is 12.2 Å². The van der Waals surface area contributed by atoms with Crippen molar-refractivity contribution in [1.82, 2.24) is 4.90 Å². The zero-order valence-electron chi connectivity index (χ0n) is 16.9. The summed E-state index contributed by atoms with van der Waals surface area (Å²) in [5, 5.41) is 0. The van der Waals surface area contributed by atoms with Crippen LogP contribution in [0.15, 0.2) is 24.3 Å². The van der Waals surface area contributed by atoms with Gasteiger partial charge in [-0.25, -0.2) is 4.39 Å². The zero-order valence-corrected chi connectivity index (χ0v) is 16.9. The van der Waals surface area contributed by atoms with E-state index in [-0.39, 0.29) is 67.7 Å². The van der Waals surface area contributed by atoms with E-state index in [1.54, 1.807) is 30.9 Å². The lowest BCUT2D eigenvalue weighted by molar-refractivity contribution is -0.156. The van der Waals surface area contributed by atoms with Crippen LogP contribution in [0.5, 0.6) is 0 Å². The number of fused-ring (bicyclic) bond motifs is 2. The maximum atomic E-state index is 13.3. The minimum atomic E-state index is -0.586. The quantitative estimate of drug-likeness (QED) is 0.491. The van der Waals surface area contributed by atoms with Gasteiger partial charge in [-0.05, 0) is 62.6 Å². The van der Waals surface area contributed by atoms with Gasteiger partial charge in [0.25, 0.3) is 0 Å². The second-order valence-electron chi connectivity index (χ2n) is 7.73. The van der Waals surface area contributed by atoms with Crippen LogP contribution < -0.4 is 0 Å². The molecule has 29 heavy (non-hydrogen) atoms. The van der Waals surface area contributed by atoms with E-state index < -0.39 is 5.97 Å². The maximum Gasteiger partial charge on any atom is 0.315 e. The Labute approximate surface area is 170 Å². The van der Waals surface area contributed by atoms with Crippen molar-refractivity contribution < 1.29 is 28.2 Å². The normalized spacial score (nSPS) is 24.9. The fourth-order valence-electron chi connectivity index (χ4n) is 4.86. The number of carbonyl (C=O) groups is 3. The molecule has 0 N–H and O–H groups in total. The molecule has 0 aliphatic heterocycles. The van der Waals surface area contributed by atoms with E-state index in [4.69, 9.17) is 9.47 Å². The van der Waals surface area contributed by atoms with Gasteiger partial charge in [-0.2, -0.15) is 0 Å². The SMILES string of the molecule is CCOC(=O)CC(=O)N(Cc1ccc(F)cc1)C1C2CCC(C2)C1C(=O)OCC.